The van der Waals surface area contributed by atoms with Crippen LogP contribution < -0.4 is 0 Å². The van der Waals surface area contributed by atoms with E-state index in [1.54, 1.807) is 0 Å². The normalized spacial score (nSPS) is 14.0. The highest BCUT2D eigenvalue weighted by molar-refractivity contribution is 5.11. The molecule has 0 saturated heterocycles. The third-order valence-corrected chi connectivity index (χ3v) is 6.74. The highest BCUT2D eigenvalue weighted by Gasteiger charge is 2.12. The Hall–Kier alpha value is -0.780. The Kier molecular flexibility index (Phi) is 137. The second-order valence-corrected chi connectivity index (χ2v) is 10.5. The molecule has 1 aromatic carbocycles. The molecule has 0 heteroatoms. The predicted molar refractivity (Wildman–Crippen MR) is 246 cm³/mol. The summed E-state index contributed by atoms with van der Waals surface area (Å²) in [6.45, 7) is 51.4. The minimum Gasteiger partial charge on any atom is -0.0683 e. The summed E-state index contributed by atoms with van der Waals surface area (Å²) in [5.74, 6) is 4.23. The summed E-state index contributed by atoms with van der Waals surface area (Å²) in [6.07, 6.45) is 20.8. The number of benzene rings is 1. The summed E-state index contributed by atoms with van der Waals surface area (Å²) < 4.78 is 0. The maximum absolute atomic E-state index is 2.36. The van der Waals surface area contributed by atoms with Crippen LogP contribution in [0.1, 0.15) is 262 Å². The highest BCUT2D eigenvalue weighted by atomic mass is 14.2. The molecule has 4 fully saturated rings. The minimum atomic E-state index is 1.04. The second kappa shape index (κ2) is 91.4. The molecule has 1 aromatic rings. The predicted octanol–water partition coefficient (Wildman–Crippen LogP) is 20.3. The van der Waals surface area contributed by atoms with Crippen LogP contribution in [0.15, 0.2) is 30.3 Å². The third-order valence-electron chi connectivity index (χ3n) is 6.74. The van der Waals surface area contributed by atoms with Gasteiger partial charge in [0.15, 0.2) is 0 Å². The standard InChI is InChI=1S/C7H14.C7H8.C6H12.C5H10.C4H8.10C2H6/c2*1-7-5-3-2-4-6-7;1-6-4-2-3-5-6;1-5-3-2-4-5;1-4-2-3-4;10*1-2/h7H,2-6H2,1H3;2-6H,1H3;6H,2-5H2,1H3;5H,2-4H2,1H3;4H,2-3H2,1H3;10*1-2H3. The molecule has 5 rings (SSSR count). The van der Waals surface area contributed by atoms with E-state index in [2.05, 4.69) is 46.8 Å². The Balaban J connectivity index is -0.0000000433. The van der Waals surface area contributed by atoms with Crippen molar-refractivity contribution in [3.8, 4) is 0 Å². The van der Waals surface area contributed by atoms with Gasteiger partial charge in [0.25, 0.3) is 0 Å². The van der Waals surface area contributed by atoms with Crippen molar-refractivity contribution in [2.75, 3.05) is 0 Å². The Morgan fingerprint density at radius 2 is 0.490 bits per heavy atom. The van der Waals surface area contributed by atoms with Gasteiger partial charge in [0, 0.05) is 0 Å². The van der Waals surface area contributed by atoms with Crippen LogP contribution in [-0.4, -0.2) is 0 Å². The zero-order valence-corrected chi connectivity index (χ0v) is 40.6. The van der Waals surface area contributed by atoms with E-state index in [0.29, 0.717) is 0 Å². The quantitative estimate of drug-likeness (QED) is 0.253. The maximum atomic E-state index is 2.36. The molecule has 0 nitrogen and oxygen atoms in total. The number of rotatable bonds is 0. The third kappa shape index (κ3) is 99.1. The molecule has 0 spiro atoms. The summed E-state index contributed by atoms with van der Waals surface area (Å²) in [4.78, 5) is 0. The van der Waals surface area contributed by atoms with Crippen LogP contribution in [0.3, 0.4) is 0 Å². The van der Waals surface area contributed by atoms with Crippen molar-refractivity contribution < 1.29 is 0 Å². The molecule has 308 valence electrons. The molecule has 0 amide bonds. The van der Waals surface area contributed by atoms with E-state index >= 15 is 0 Å². The molecule has 4 aliphatic rings. The van der Waals surface area contributed by atoms with Gasteiger partial charge in [-0.05, 0) is 30.6 Å². The Morgan fingerprint density at radius 3 is 0.571 bits per heavy atom. The van der Waals surface area contributed by atoms with Gasteiger partial charge in [-0.25, -0.2) is 0 Å². The first kappa shape index (κ1) is 73.6. The Labute approximate surface area is 321 Å². The van der Waals surface area contributed by atoms with Gasteiger partial charge in [-0.15, -0.1) is 0 Å². The van der Waals surface area contributed by atoms with E-state index < -0.39 is 0 Å². The van der Waals surface area contributed by atoms with Crippen LogP contribution in [0.2, 0.25) is 0 Å². The molecule has 0 heterocycles. The molecular weight excluding hydrogens is 589 g/mol. The summed E-state index contributed by atoms with van der Waals surface area (Å²) in [7, 11) is 0. The molecule has 4 saturated carbocycles. The SMILES string of the molecule is CC.CC.CC.CC.CC.CC.CC.CC.CC.CC.CC1CC1.CC1CCC1.CC1CCCC1.CC1CCCCC1.Cc1ccccc1. The van der Waals surface area contributed by atoms with E-state index in [1.165, 1.54) is 95.5 Å². The van der Waals surface area contributed by atoms with Crippen molar-refractivity contribution in [3.05, 3.63) is 35.9 Å². The van der Waals surface area contributed by atoms with Gasteiger partial charge < -0.3 is 0 Å². The maximum Gasteiger partial charge on any atom is -0.0398 e. The molecule has 4 aliphatic carbocycles. The van der Waals surface area contributed by atoms with Crippen molar-refractivity contribution in [2.45, 2.75) is 263 Å². The van der Waals surface area contributed by atoms with Crippen molar-refractivity contribution in [2.24, 2.45) is 23.7 Å². The molecule has 0 atom stereocenters. The van der Waals surface area contributed by atoms with Crippen molar-refractivity contribution in [3.63, 3.8) is 0 Å². The van der Waals surface area contributed by atoms with E-state index in [9.17, 15) is 0 Å². The van der Waals surface area contributed by atoms with Gasteiger partial charge in [0.1, 0.15) is 0 Å². The van der Waals surface area contributed by atoms with Crippen LogP contribution in [0.25, 0.3) is 0 Å². The van der Waals surface area contributed by atoms with Crippen molar-refractivity contribution in [1.29, 1.82) is 0 Å². The van der Waals surface area contributed by atoms with Crippen LogP contribution in [0.4, 0.5) is 0 Å². The van der Waals surface area contributed by atoms with E-state index in [1.807, 2.05) is 157 Å². The van der Waals surface area contributed by atoms with Gasteiger partial charge in [0.05, 0.1) is 0 Å². The lowest BCUT2D eigenvalue weighted by Gasteiger charge is -2.18. The molecule has 0 radical (unpaired) electrons. The molecular formula is C49H112. The first-order valence-electron chi connectivity index (χ1n) is 23.0. The van der Waals surface area contributed by atoms with Gasteiger partial charge in [-0.1, -0.05) is 292 Å². The van der Waals surface area contributed by atoms with Crippen LogP contribution >= 0.6 is 0 Å². The number of hydrogen-bond acceptors (Lipinski definition) is 0. The molecule has 0 bridgehead atoms. The van der Waals surface area contributed by atoms with Gasteiger partial charge in [0.2, 0.25) is 0 Å². The topological polar surface area (TPSA) is 0 Å². The molecule has 49 heavy (non-hydrogen) atoms. The van der Waals surface area contributed by atoms with Crippen LogP contribution in [0.5, 0.6) is 0 Å². The molecule has 0 unspecified atom stereocenters. The summed E-state index contributed by atoms with van der Waals surface area (Å²) in [5.41, 5.74) is 1.32. The first-order chi connectivity index (χ1) is 24.0. The lowest BCUT2D eigenvalue weighted by molar-refractivity contribution is 0.346. The van der Waals surface area contributed by atoms with Gasteiger partial charge in [-0.2, -0.15) is 0 Å². The van der Waals surface area contributed by atoms with E-state index in [-0.39, 0.29) is 0 Å². The van der Waals surface area contributed by atoms with E-state index in [4.69, 9.17) is 0 Å². The minimum absolute atomic E-state index is 1.04. The average Bonchev–Trinajstić information content (AvgIpc) is 3.85. The lowest BCUT2D eigenvalue weighted by atomic mass is 9.88. The van der Waals surface area contributed by atoms with Crippen LogP contribution in [0, 0.1) is 30.6 Å². The fourth-order valence-electron chi connectivity index (χ4n) is 3.75. The molecule has 0 aliphatic heterocycles. The summed E-state index contributed by atoms with van der Waals surface area (Å²) >= 11 is 0. The van der Waals surface area contributed by atoms with Crippen molar-refractivity contribution >= 4 is 0 Å². The molecule has 0 aromatic heterocycles. The number of hydrogen-bond donors (Lipinski definition) is 0. The first-order valence-corrected chi connectivity index (χ1v) is 23.0. The zero-order valence-electron chi connectivity index (χ0n) is 40.6. The van der Waals surface area contributed by atoms with Crippen molar-refractivity contribution in [1.82, 2.24) is 0 Å². The lowest BCUT2D eigenvalue weighted by Crippen LogP contribution is -2.04. The Bertz CT molecular complexity index is 442. The summed E-state index contributed by atoms with van der Waals surface area (Å²) in [5, 5.41) is 0. The fourth-order valence-corrected chi connectivity index (χ4v) is 3.75. The fraction of sp³-hybridized carbons (Fsp3) is 0.878. The number of aryl methyl sites for hydroxylation is 1. The smallest absolute Gasteiger partial charge is 0.0398 e. The highest BCUT2D eigenvalue weighted by Crippen LogP contribution is 2.27. The van der Waals surface area contributed by atoms with Gasteiger partial charge in [-0.3, -0.25) is 0 Å². The monoisotopic (exact) mass is 701 g/mol. The average molecular weight is 701 g/mol. The Morgan fingerprint density at radius 1 is 0.286 bits per heavy atom. The molecule has 0 N–H and O–H groups in total. The van der Waals surface area contributed by atoms with E-state index in [0.717, 1.165) is 23.7 Å². The van der Waals surface area contributed by atoms with Crippen LogP contribution in [-0.2, 0) is 0 Å². The second-order valence-electron chi connectivity index (χ2n) is 10.5. The zero-order chi connectivity index (χ0) is 41.3. The summed E-state index contributed by atoms with van der Waals surface area (Å²) in [6, 6.07) is 10.3. The van der Waals surface area contributed by atoms with Gasteiger partial charge >= 0.3 is 0 Å². The largest absolute Gasteiger partial charge is 0.0683 e.